The van der Waals surface area contributed by atoms with Gasteiger partial charge >= 0.3 is 0 Å². The van der Waals surface area contributed by atoms with Gasteiger partial charge in [0.15, 0.2) is 5.78 Å². The molecule has 0 saturated carbocycles. The Balaban J connectivity index is 1.75. The van der Waals surface area contributed by atoms with Crippen molar-refractivity contribution < 1.29 is 9.53 Å². The molecule has 2 heterocycles. The maximum Gasteiger partial charge on any atom is 0.170 e. The Labute approximate surface area is 124 Å². The molecule has 1 aliphatic rings. The summed E-state index contributed by atoms with van der Waals surface area (Å²) in [5.41, 5.74) is 1.99. The highest BCUT2D eigenvalue weighted by Crippen LogP contribution is 2.16. The highest BCUT2D eigenvalue weighted by molar-refractivity contribution is 5.86. The smallest absolute Gasteiger partial charge is 0.170 e. The lowest BCUT2D eigenvalue weighted by Crippen LogP contribution is -2.46. The van der Waals surface area contributed by atoms with Crippen molar-refractivity contribution in [3.05, 3.63) is 30.1 Å². The van der Waals surface area contributed by atoms with E-state index >= 15 is 0 Å². The van der Waals surface area contributed by atoms with Crippen molar-refractivity contribution in [3.63, 3.8) is 0 Å². The van der Waals surface area contributed by atoms with Crippen LogP contribution in [0.1, 0.15) is 12.7 Å². The summed E-state index contributed by atoms with van der Waals surface area (Å²) in [5, 5.41) is 0. The number of likely N-dealkylation sites (N-methyl/N-ethyl adjacent to an activating group) is 1. The van der Waals surface area contributed by atoms with Crippen LogP contribution in [-0.2, 0) is 23.0 Å². The van der Waals surface area contributed by atoms with Crippen LogP contribution in [-0.4, -0.2) is 52.6 Å². The minimum Gasteiger partial charge on any atom is -0.368 e. The lowest BCUT2D eigenvalue weighted by atomic mass is 10.1. The van der Waals surface area contributed by atoms with E-state index in [1.807, 2.05) is 35.9 Å². The molecule has 0 radical (unpaired) electrons. The number of carbonyl (C=O) groups is 1. The largest absolute Gasteiger partial charge is 0.368 e. The zero-order valence-corrected chi connectivity index (χ0v) is 12.6. The number of rotatable bonds is 4. The van der Waals surface area contributed by atoms with Crippen molar-refractivity contribution >= 4 is 16.8 Å². The van der Waals surface area contributed by atoms with Gasteiger partial charge in [0.1, 0.15) is 11.9 Å². The number of hydrogen-bond donors (Lipinski definition) is 0. The van der Waals surface area contributed by atoms with Crippen molar-refractivity contribution in [3.8, 4) is 0 Å². The summed E-state index contributed by atoms with van der Waals surface area (Å²) >= 11 is 0. The number of hydrogen-bond acceptors (Lipinski definition) is 4. The van der Waals surface area contributed by atoms with Gasteiger partial charge in [-0.1, -0.05) is 19.1 Å². The monoisotopic (exact) mass is 287 g/mol. The molecule has 21 heavy (non-hydrogen) atoms. The van der Waals surface area contributed by atoms with Gasteiger partial charge in [-0.15, -0.1) is 0 Å². The molecule has 0 aliphatic carbocycles. The lowest BCUT2D eigenvalue weighted by molar-refractivity contribution is -0.135. The third-order valence-corrected chi connectivity index (χ3v) is 4.17. The maximum absolute atomic E-state index is 12.5. The van der Waals surface area contributed by atoms with Gasteiger partial charge in [-0.3, -0.25) is 9.69 Å². The van der Waals surface area contributed by atoms with E-state index in [1.54, 1.807) is 0 Å². The van der Waals surface area contributed by atoms with Crippen molar-refractivity contribution in [1.82, 2.24) is 14.5 Å². The summed E-state index contributed by atoms with van der Waals surface area (Å²) in [7, 11) is 1.96. The van der Waals surface area contributed by atoms with Crippen LogP contribution < -0.4 is 0 Å². The van der Waals surface area contributed by atoms with Crippen LogP contribution in [0.5, 0.6) is 0 Å². The fourth-order valence-corrected chi connectivity index (χ4v) is 2.81. The summed E-state index contributed by atoms with van der Waals surface area (Å²) in [6.07, 6.45) is 0.00596. The van der Waals surface area contributed by atoms with Gasteiger partial charge in [0, 0.05) is 20.1 Å². The van der Waals surface area contributed by atoms with Crippen molar-refractivity contribution in [2.75, 3.05) is 26.2 Å². The molecule has 0 N–H and O–H groups in total. The number of morpholine rings is 1. The summed E-state index contributed by atoms with van der Waals surface area (Å²) in [4.78, 5) is 19.3. The number of ether oxygens (including phenoxy) is 1. The van der Waals surface area contributed by atoms with E-state index in [-0.39, 0.29) is 11.9 Å². The Morgan fingerprint density at radius 1 is 1.43 bits per heavy atom. The molecule has 0 amide bonds. The summed E-state index contributed by atoms with van der Waals surface area (Å²) in [5.74, 6) is 0.921. The molecule has 112 valence electrons. The Morgan fingerprint density at radius 2 is 2.24 bits per heavy atom. The molecule has 1 aromatic carbocycles. The second-order valence-corrected chi connectivity index (χ2v) is 5.47. The molecular formula is C16H21N3O2. The predicted octanol–water partition coefficient (Wildman–Crippen LogP) is 1.41. The van der Waals surface area contributed by atoms with Crippen molar-refractivity contribution in [2.24, 2.45) is 7.05 Å². The molecule has 1 unspecified atom stereocenters. The highest BCUT2D eigenvalue weighted by atomic mass is 16.5. The number of Topliss-reactive ketones (excluding diaryl/α,β-unsaturated/α-hetero) is 1. The van der Waals surface area contributed by atoms with Crippen molar-refractivity contribution in [1.29, 1.82) is 0 Å². The number of imidazole rings is 1. The Morgan fingerprint density at radius 3 is 3.00 bits per heavy atom. The number of benzene rings is 1. The van der Waals surface area contributed by atoms with Gasteiger partial charge in [-0.05, 0) is 18.7 Å². The average molecular weight is 287 g/mol. The van der Waals surface area contributed by atoms with Gasteiger partial charge in [-0.2, -0.15) is 0 Å². The van der Waals surface area contributed by atoms with Gasteiger partial charge in [0.2, 0.25) is 0 Å². The molecular weight excluding hydrogens is 266 g/mol. The summed E-state index contributed by atoms with van der Waals surface area (Å²) in [6.45, 7) is 5.30. The quantitative estimate of drug-likeness (QED) is 0.853. The van der Waals surface area contributed by atoms with Gasteiger partial charge < -0.3 is 9.30 Å². The highest BCUT2D eigenvalue weighted by Gasteiger charge is 2.26. The zero-order chi connectivity index (χ0) is 14.8. The minimum absolute atomic E-state index is 0.117. The first-order valence-electron chi connectivity index (χ1n) is 7.46. The third-order valence-electron chi connectivity index (χ3n) is 4.17. The van der Waals surface area contributed by atoms with Crippen LogP contribution in [0.3, 0.4) is 0 Å². The molecule has 1 aliphatic heterocycles. The van der Waals surface area contributed by atoms with Gasteiger partial charge in [0.05, 0.1) is 24.1 Å². The number of carbonyl (C=O) groups excluding carboxylic acids is 1. The first kappa shape index (κ1) is 14.2. The second-order valence-electron chi connectivity index (χ2n) is 5.47. The number of ketones is 1. The fourth-order valence-electron chi connectivity index (χ4n) is 2.81. The van der Waals surface area contributed by atoms with Gasteiger partial charge in [-0.25, -0.2) is 4.98 Å². The number of para-hydroxylation sites is 2. The molecule has 0 spiro atoms. The zero-order valence-electron chi connectivity index (χ0n) is 12.6. The SMILES string of the molecule is CCN1CCOC(C(=O)Cc2nc3ccccc3n2C)C1. The molecule has 0 bridgehead atoms. The molecule has 1 atom stereocenters. The first-order valence-corrected chi connectivity index (χ1v) is 7.46. The van der Waals surface area contributed by atoms with Crippen LogP contribution in [0.25, 0.3) is 11.0 Å². The standard InChI is InChI=1S/C16H21N3O2/c1-3-19-8-9-21-15(11-19)14(20)10-16-17-12-6-4-5-7-13(12)18(16)2/h4-7,15H,3,8-11H2,1-2H3. The Bertz CT molecular complexity index is 650. The molecule has 1 saturated heterocycles. The Hall–Kier alpha value is -1.72. The topological polar surface area (TPSA) is 47.4 Å². The van der Waals surface area contributed by atoms with E-state index in [0.29, 0.717) is 19.6 Å². The van der Waals surface area contributed by atoms with E-state index in [2.05, 4.69) is 16.8 Å². The molecule has 3 rings (SSSR count). The first-order chi connectivity index (χ1) is 10.2. The van der Waals surface area contributed by atoms with Crippen LogP contribution in [0.15, 0.2) is 24.3 Å². The average Bonchev–Trinajstić information content (AvgIpc) is 2.84. The number of fused-ring (bicyclic) bond motifs is 1. The van der Waals surface area contributed by atoms with Crippen LogP contribution >= 0.6 is 0 Å². The van der Waals surface area contributed by atoms with E-state index in [9.17, 15) is 4.79 Å². The minimum atomic E-state index is -0.321. The van der Waals surface area contributed by atoms with Crippen molar-refractivity contribution in [2.45, 2.75) is 19.4 Å². The maximum atomic E-state index is 12.5. The van der Waals surface area contributed by atoms with E-state index in [0.717, 1.165) is 29.9 Å². The number of aromatic nitrogens is 2. The normalized spacial score (nSPS) is 20.0. The Kier molecular flexibility index (Phi) is 4.03. The number of nitrogens with zero attached hydrogens (tertiary/aromatic N) is 3. The summed E-state index contributed by atoms with van der Waals surface area (Å²) < 4.78 is 7.62. The molecule has 5 heteroatoms. The summed E-state index contributed by atoms with van der Waals surface area (Å²) in [6, 6.07) is 7.94. The second kappa shape index (κ2) is 5.95. The van der Waals surface area contributed by atoms with Crippen LogP contribution in [0, 0.1) is 0 Å². The predicted molar refractivity (Wildman–Crippen MR) is 81.3 cm³/mol. The van der Waals surface area contributed by atoms with E-state index < -0.39 is 0 Å². The molecule has 1 aromatic heterocycles. The van der Waals surface area contributed by atoms with E-state index in [4.69, 9.17) is 4.74 Å². The number of aryl methyl sites for hydroxylation is 1. The molecule has 2 aromatic rings. The van der Waals surface area contributed by atoms with Gasteiger partial charge in [0.25, 0.3) is 0 Å². The molecule has 5 nitrogen and oxygen atoms in total. The van der Waals surface area contributed by atoms with Crippen LogP contribution in [0.2, 0.25) is 0 Å². The van der Waals surface area contributed by atoms with E-state index in [1.165, 1.54) is 0 Å². The third kappa shape index (κ3) is 2.84. The van der Waals surface area contributed by atoms with Crippen LogP contribution in [0.4, 0.5) is 0 Å². The fraction of sp³-hybridized carbons (Fsp3) is 0.500. The molecule has 1 fully saturated rings. The lowest BCUT2D eigenvalue weighted by Gasteiger charge is -2.31.